The highest BCUT2D eigenvalue weighted by molar-refractivity contribution is 5.90. The minimum Gasteiger partial charge on any atom is -0.489 e. The second kappa shape index (κ2) is 15.6. The van der Waals surface area contributed by atoms with Gasteiger partial charge in [0.1, 0.15) is 36.6 Å². The molecule has 3 rings (SSSR count). The van der Waals surface area contributed by atoms with Gasteiger partial charge in [-0.25, -0.2) is 9.59 Å². The smallest absolute Gasteiger partial charge is 0.408 e. The van der Waals surface area contributed by atoms with Crippen LogP contribution in [0.1, 0.15) is 57.7 Å². The number of benzene rings is 3. The number of ether oxygens (including phenoxy) is 3. The minimum atomic E-state index is -0.968. The summed E-state index contributed by atoms with van der Waals surface area (Å²) in [5.74, 6) is -0.261. The fourth-order valence-electron chi connectivity index (χ4n) is 4.15. The molecule has 0 bridgehead atoms. The van der Waals surface area contributed by atoms with Crippen molar-refractivity contribution in [1.82, 2.24) is 10.6 Å². The van der Waals surface area contributed by atoms with Crippen LogP contribution in [0.2, 0.25) is 0 Å². The predicted octanol–water partition coefficient (Wildman–Crippen LogP) is 5.98. The average Bonchev–Trinajstić information content (AvgIpc) is 2.95. The molecule has 0 fully saturated rings. The molecule has 3 aromatic carbocycles. The summed E-state index contributed by atoms with van der Waals surface area (Å²) in [6, 6.07) is 24.7. The molecule has 0 saturated heterocycles. The van der Waals surface area contributed by atoms with Gasteiger partial charge in [0, 0.05) is 6.42 Å². The Hall–Kier alpha value is -4.33. The molecule has 0 saturated carbocycles. The number of rotatable bonds is 13. The molecule has 42 heavy (non-hydrogen) atoms. The molecule has 0 aliphatic rings. The lowest BCUT2D eigenvalue weighted by Gasteiger charge is -2.27. The molecule has 0 heterocycles. The van der Waals surface area contributed by atoms with Gasteiger partial charge in [0.15, 0.2) is 0 Å². The number of esters is 1. The maximum Gasteiger partial charge on any atom is 0.408 e. The molecule has 3 aromatic rings. The summed E-state index contributed by atoms with van der Waals surface area (Å²) in [4.78, 5) is 39.2. The topological polar surface area (TPSA) is 103 Å². The molecule has 0 aliphatic heterocycles. The minimum absolute atomic E-state index is 0.0777. The maximum absolute atomic E-state index is 13.4. The van der Waals surface area contributed by atoms with E-state index in [0.29, 0.717) is 18.8 Å². The highest BCUT2D eigenvalue weighted by atomic mass is 16.6. The number of hydrogen-bond acceptors (Lipinski definition) is 6. The first kappa shape index (κ1) is 32.2. The van der Waals surface area contributed by atoms with Gasteiger partial charge in [0.05, 0.1) is 0 Å². The largest absolute Gasteiger partial charge is 0.489 e. The van der Waals surface area contributed by atoms with E-state index in [1.165, 1.54) is 0 Å². The van der Waals surface area contributed by atoms with Crippen LogP contribution in [0.3, 0.4) is 0 Å². The van der Waals surface area contributed by atoms with E-state index < -0.39 is 35.7 Å². The van der Waals surface area contributed by atoms with E-state index in [1.54, 1.807) is 20.8 Å². The number of alkyl carbamates (subject to hydrolysis) is 1. The van der Waals surface area contributed by atoms with Crippen LogP contribution in [-0.4, -0.2) is 35.7 Å². The molecule has 0 aliphatic carbocycles. The van der Waals surface area contributed by atoms with Crippen molar-refractivity contribution in [3.05, 3.63) is 102 Å². The third-order valence-corrected chi connectivity index (χ3v) is 6.15. The summed E-state index contributed by atoms with van der Waals surface area (Å²) in [5, 5.41) is 5.49. The quantitative estimate of drug-likeness (QED) is 0.244. The Morgan fingerprint density at radius 1 is 0.714 bits per heavy atom. The van der Waals surface area contributed by atoms with Crippen LogP contribution in [0.25, 0.3) is 0 Å². The number of amides is 2. The fourth-order valence-corrected chi connectivity index (χ4v) is 4.15. The first-order valence-corrected chi connectivity index (χ1v) is 14.2. The molecule has 2 amide bonds. The third kappa shape index (κ3) is 11.6. The van der Waals surface area contributed by atoms with Crippen LogP contribution >= 0.6 is 0 Å². The van der Waals surface area contributed by atoms with Crippen LogP contribution in [0, 0.1) is 5.92 Å². The Balaban J connectivity index is 1.67. The van der Waals surface area contributed by atoms with Crippen molar-refractivity contribution in [2.24, 2.45) is 5.92 Å². The van der Waals surface area contributed by atoms with Crippen LogP contribution in [0.4, 0.5) is 4.79 Å². The van der Waals surface area contributed by atoms with Crippen LogP contribution < -0.4 is 15.4 Å². The third-order valence-electron chi connectivity index (χ3n) is 6.15. The number of hydrogen-bond donors (Lipinski definition) is 2. The van der Waals surface area contributed by atoms with E-state index in [2.05, 4.69) is 10.6 Å². The normalized spacial score (nSPS) is 12.6. The van der Waals surface area contributed by atoms with Gasteiger partial charge in [-0.05, 0) is 61.9 Å². The molecule has 0 radical (unpaired) electrons. The van der Waals surface area contributed by atoms with Gasteiger partial charge >= 0.3 is 12.1 Å². The lowest BCUT2D eigenvalue weighted by Crippen LogP contribution is -2.53. The van der Waals surface area contributed by atoms with Gasteiger partial charge in [0.2, 0.25) is 5.91 Å². The van der Waals surface area contributed by atoms with Gasteiger partial charge < -0.3 is 24.8 Å². The summed E-state index contributed by atoms with van der Waals surface area (Å²) in [5.41, 5.74) is 1.96. The van der Waals surface area contributed by atoms with Gasteiger partial charge in [0.25, 0.3) is 0 Å². The van der Waals surface area contributed by atoms with Crippen molar-refractivity contribution in [2.45, 2.75) is 78.4 Å². The van der Waals surface area contributed by atoms with E-state index in [-0.39, 0.29) is 18.9 Å². The Kier molecular flexibility index (Phi) is 12.0. The van der Waals surface area contributed by atoms with Crippen molar-refractivity contribution < 1.29 is 28.6 Å². The van der Waals surface area contributed by atoms with Crippen molar-refractivity contribution in [3.63, 3.8) is 0 Å². The molecular weight excluding hydrogens is 532 g/mol. The monoisotopic (exact) mass is 574 g/mol. The molecule has 2 N–H and O–H groups in total. The van der Waals surface area contributed by atoms with E-state index in [4.69, 9.17) is 14.2 Å². The molecule has 0 spiro atoms. The Labute approximate surface area is 248 Å². The maximum atomic E-state index is 13.4. The summed E-state index contributed by atoms with van der Waals surface area (Å²) >= 11 is 0. The fraction of sp³-hybridized carbons (Fsp3) is 0.382. The second-order valence-electron chi connectivity index (χ2n) is 11.6. The van der Waals surface area contributed by atoms with E-state index in [1.807, 2.05) is 98.8 Å². The van der Waals surface area contributed by atoms with Crippen molar-refractivity contribution in [3.8, 4) is 5.75 Å². The van der Waals surface area contributed by atoms with Crippen molar-refractivity contribution in [1.29, 1.82) is 0 Å². The Morgan fingerprint density at radius 3 is 1.83 bits per heavy atom. The molecule has 0 aromatic heterocycles. The summed E-state index contributed by atoms with van der Waals surface area (Å²) in [6.45, 7) is 9.73. The molecule has 8 heteroatoms. The van der Waals surface area contributed by atoms with E-state index in [0.717, 1.165) is 16.7 Å². The number of carbonyl (C=O) groups excluding carboxylic acids is 3. The average molecular weight is 575 g/mol. The second-order valence-corrected chi connectivity index (χ2v) is 11.6. The summed E-state index contributed by atoms with van der Waals surface area (Å²) < 4.78 is 16.8. The SMILES string of the molecule is CC(C)CC(NC(=O)OCc1ccccc1)C(=O)NC(Cc1ccc(OCc2ccccc2)cc1)C(=O)OC(C)(C)C. The number of nitrogens with one attached hydrogen (secondary N) is 2. The summed E-state index contributed by atoms with van der Waals surface area (Å²) in [6.07, 6.45) is -0.146. The zero-order valence-corrected chi connectivity index (χ0v) is 25.1. The Bertz CT molecular complexity index is 1270. The standard InChI is InChI=1S/C34H42N2O6/c1-24(2)20-29(36-33(39)41-23-27-14-10-7-11-15-27)31(37)35-30(32(38)42-34(3,4)5)21-25-16-18-28(19-17-25)40-22-26-12-8-6-9-13-26/h6-19,24,29-30H,20-23H2,1-5H3,(H,35,37)(H,36,39). The zero-order chi connectivity index (χ0) is 30.5. The molecular formula is C34H42N2O6. The van der Waals surface area contributed by atoms with Gasteiger partial charge in [-0.1, -0.05) is 86.6 Å². The van der Waals surface area contributed by atoms with Gasteiger partial charge in [-0.2, -0.15) is 0 Å². The summed E-state index contributed by atoms with van der Waals surface area (Å²) in [7, 11) is 0. The molecule has 2 atom stereocenters. The van der Waals surface area contributed by atoms with Crippen LogP contribution in [0.15, 0.2) is 84.9 Å². The highest BCUT2D eigenvalue weighted by Gasteiger charge is 2.31. The predicted molar refractivity (Wildman–Crippen MR) is 162 cm³/mol. The lowest BCUT2D eigenvalue weighted by atomic mass is 10.0. The highest BCUT2D eigenvalue weighted by Crippen LogP contribution is 2.17. The first-order chi connectivity index (χ1) is 20.0. The molecule has 8 nitrogen and oxygen atoms in total. The van der Waals surface area contributed by atoms with E-state index >= 15 is 0 Å². The zero-order valence-electron chi connectivity index (χ0n) is 25.1. The van der Waals surface area contributed by atoms with Crippen LogP contribution in [-0.2, 0) is 38.7 Å². The van der Waals surface area contributed by atoms with Crippen LogP contribution in [0.5, 0.6) is 5.75 Å². The number of carbonyl (C=O) groups is 3. The molecule has 2 unspecified atom stereocenters. The molecule has 224 valence electrons. The Morgan fingerprint density at radius 2 is 1.29 bits per heavy atom. The van der Waals surface area contributed by atoms with Crippen molar-refractivity contribution in [2.75, 3.05) is 0 Å². The van der Waals surface area contributed by atoms with Gasteiger partial charge in [-0.15, -0.1) is 0 Å². The van der Waals surface area contributed by atoms with E-state index in [9.17, 15) is 14.4 Å². The van der Waals surface area contributed by atoms with Crippen molar-refractivity contribution >= 4 is 18.0 Å². The van der Waals surface area contributed by atoms with Gasteiger partial charge in [-0.3, -0.25) is 4.79 Å². The first-order valence-electron chi connectivity index (χ1n) is 14.2. The lowest BCUT2D eigenvalue weighted by molar-refractivity contribution is -0.158.